The quantitative estimate of drug-likeness (QED) is 0.733. The lowest BCUT2D eigenvalue weighted by Crippen LogP contribution is -2.12. The highest BCUT2D eigenvalue weighted by atomic mass is 16.1. The van der Waals surface area contributed by atoms with Gasteiger partial charge in [0.05, 0.1) is 0 Å². The summed E-state index contributed by atoms with van der Waals surface area (Å²) in [6.45, 7) is 0.433. The van der Waals surface area contributed by atoms with Crippen molar-refractivity contribution in [3.63, 3.8) is 0 Å². The van der Waals surface area contributed by atoms with E-state index in [1.54, 1.807) is 35.2 Å². The maximum absolute atomic E-state index is 12.0. The van der Waals surface area contributed by atoms with Gasteiger partial charge in [-0.2, -0.15) is 4.98 Å². The monoisotopic (exact) mass is 268 g/mol. The fraction of sp³-hybridized carbons (Fsp3) is 0.0769. The maximum atomic E-state index is 12.0. The number of rotatable bonds is 3. The first kappa shape index (κ1) is 12.2. The van der Waals surface area contributed by atoms with Crippen molar-refractivity contribution in [2.45, 2.75) is 6.54 Å². The van der Waals surface area contributed by atoms with Crippen molar-refractivity contribution in [1.82, 2.24) is 19.6 Å². The molecule has 0 aliphatic heterocycles. The van der Waals surface area contributed by atoms with Crippen LogP contribution in [-0.4, -0.2) is 25.5 Å². The van der Waals surface area contributed by atoms with E-state index >= 15 is 0 Å². The Morgan fingerprint density at radius 1 is 1.30 bits per heavy atom. The molecule has 0 radical (unpaired) electrons. The van der Waals surface area contributed by atoms with Gasteiger partial charge in [-0.25, -0.2) is 4.52 Å². The number of fused-ring (bicyclic) bond motifs is 1. The maximum Gasteiger partial charge on any atom is 0.258 e. The van der Waals surface area contributed by atoms with E-state index in [1.807, 2.05) is 12.1 Å². The first-order valence-corrected chi connectivity index (χ1v) is 6.03. The molecular formula is C13H12N6O. The zero-order valence-corrected chi connectivity index (χ0v) is 10.5. The van der Waals surface area contributed by atoms with Gasteiger partial charge >= 0.3 is 0 Å². The van der Waals surface area contributed by atoms with E-state index in [1.165, 1.54) is 0 Å². The minimum atomic E-state index is -0.276. The van der Waals surface area contributed by atoms with Crippen LogP contribution in [0.5, 0.6) is 0 Å². The minimum Gasteiger partial charge on any atom is -0.326 e. The zero-order valence-electron chi connectivity index (χ0n) is 10.5. The van der Waals surface area contributed by atoms with Crippen molar-refractivity contribution < 1.29 is 4.79 Å². The third-order valence-corrected chi connectivity index (χ3v) is 2.81. The van der Waals surface area contributed by atoms with Crippen molar-refractivity contribution in [3.8, 4) is 0 Å². The van der Waals surface area contributed by atoms with Crippen molar-refractivity contribution in [1.29, 1.82) is 0 Å². The molecule has 3 heterocycles. The van der Waals surface area contributed by atoms with E-state index in [2.05, 4.69) is 20.4 Å². The van der Waals surface area contributed by atoms with E-state index in [0.29, 0.717) is 17.8 Å². The highest BCUT2D eigenvalue weighted by Gasteiger charge is 2.09. The predicted molar refractivity (Wildman–Crippen MR) is 73.1 cm³/mol. The number of nitrogens with zero attached hydrogens (tertiary/aromatic N) is 4. The molecule has 3 aromatic heterocycles. The largest absolute Gasteiger partial charge is 0.326 e. The van der Waals surface area contributed by atoms with Crippen LogP contribution >= 0.6 is 0 Å². The predicted octanol–water partition coefficient (Wildman–Crippen LogP) is 0.835. The van der Waals surface area contributed by atoms with Crippen LogP contribution in [0.15, 0.2) is 42.9 Å². The third kappa shape index (κ3) is 2.34. The molecule has 20 heavy (non-hydrogen) atoms. The second-order valence-corrected chi connectivity index (χ2v) is 4.17. The summed E-state index contributed by atoms with van der Waals surface area (Å²) in [7, 11) is 0. The molecule has 0 unspecified atom stereocenters. The summed E-state index contributed by atoms with van der Waals surface area (Å²) in [5, 5.41) is 6.81. The van der Waals surface area contributed by atoms with Crippen molar-refractivity contribution in [2.24, 2.45) is 5.73 Å². The highest BCUT2D eigenvalue weighted by Crippen LogP contribution is 2.09. The molecule has 0 fully saturated rings. The van der Waals surface area contributed by atoms with Crippen LogP contribution in [0.4, 0.5) is 5.95 Å². The lowest BCUT2D eigenvalue weighted by Gasteiger charge is -1.99. The molecule has 7 heteroatoms. The van der Waals surface area contributed by atoms with Crippen LogP contribution in [0, 0.1) is 0 Å². The molecule has 0 aliphatic carbocycles. The number of aromatic nitrogens is 4. The van der Waals surface area contributed by atoms with Crippen molar-refractivity contribution >= 4 is 17.5 Å². The number of hydrogen-bond donors (Lipinski definition) is 2. The Balaban J connectivity index is 1.86. The standard InChI is InChI=1S/C13H12N6O/c14-8-9-3-6-19-11(7-9)16-13(18-19)17-12(20)10-1-4-15-5-2-10/h1-7H,8,14H2,(H,17,18,20). The van der Waals surface area contributed by atoms with Gasteiger partial charge < -0.3 is 5.73 Å². The number of hydrogen-bond acceptors (Lipinski definition) is 5. The van der Waals surface area contributed by atoms with Gasteiger partial charge in [-0.3, -0.25) is 15.1 Å². The summed E-state index contributed by atoms with van der Waals surface area (Å²) in [5.74, 6) is -0.0247. The molecule has 0 saturated heterocycles. The Hall–Kier alpha value is -2.80. The number of carbonyl (C=O) groups excluding carboxylic acids is 1. The fourth-order valence-electron chi connectivity index (χ4n) is 1.78. The topological polar surface area (TPSA) is 98.2 Å². The lowest BCUT2D eigenvalue weighted by molar-refractivity contribution is 0.102. The fourth-order valence-corrected chi connectivity index (χ4v) is 1.78. The number of carbonyl (C=O) groups is 1. The molecule has 0 aliphatic rings. The number of nitrogens with two attached hydrogens (primary N) is 1. The summed E-state index contributed by atoms with van der Waals surface area (Å²) in [6, 6.07) is 6.93. The lowest BCUT2D eigenvalue weighted by atomic mass is 10.2. The molecule has 7 nitrogen and oxygen atoms in total. The summed E-state index contributed by atoms with van der Waals surface area (Å²) < 4.78 is 1.58. The van der Waals surface area contributed by atoms with Crippen LogP contribution < -0.4 is 11.1 Å². The molecule has 0 saturated carbocycles. The molecule has 3 N–H and O–H groups in total. The Kier molecular flexibility index (Phi) is 3.10. The average Bonchev–Trinajstić information content (AvgIpc) is 2.89. The molecular weight excluding hydrogens is 256 g/mol. The van der Waals surface area contributed by atoms with Crippen LogP contribution in [0.2, 0.25) is 0 Å². The number of nitrogens with one attached hydrogen (secondary N) is 1. The average molecular weight is 268 g/mol. The van der Waals surface area contributed by atoms with E-state index in [0.717, 1.165) is 5.56 Å². The molecule has 0 bridgehead atoms. The zero-order chi connectivity index (χ0) is 13.9. The van der Waals surface area contributed by atoms with Crippen LogP contribution in [0.3, 0.4) is 0 Å². The van der Waals surface area contributed by atoms with E-state index < -0.39 is 0 Å². The van der Waals surface area contributed by atoms with Crippen LogP contribution in [0.1, 0.15) is 15.9 Å². The van der Waals surface area contributed by atoms with E-state index in [4.69, 9.17) is 5.73 Å². The van der Waals surface area contributed by atoms with Gasteiger partial charge in [0.2, 0.25) is 5.95 Å². The normalized spacial score (nSPS) is 10.7. The summed E-state index contributed by atoms with van der Waals surface area (Å²) in [6.07, 6.45) is 4.87. The number of amides is 1. The SMILES string of the molecule is NCc1ccn2nc(NC(=O)c3ccncc3)nc2c1. The van der Waals surface area contributed by atoms with Gasteiger partial charge in [0.1, 0.15) is 0 Å². The second kappa shape index (κ2) is 5.06. The molecule has 3 aromatic rings. The molecule has 0 aromatic carbocycles. The van der Waals surface area contributed by atoms with Gasteiger partial charge in [-0.1, -0.05) is 0 Å². The first-order chi connectivity index (χ1) is 9.76. The Morgan fingerprint density at radius 3 is 2.85 bits per heavy atom. The second-order valence-electron chi connectivity index (χ2n) is 4.17. The Morgan fingerprint density at radius 2 is 2.10 bits per heavy atom. The summed E-state index contributed by atoms with van der Waals surface area (Å²) in [4.78, 5) is 20.1. The molecule has 3 rings (SSSR count). The van der Waals surface area contributed by atoms with Gasteiger partial charge in [0, 0.05) is 30.7 Å². The van der Waals surface area contributed by atoms with Gasteiger partial charge in [0.25, 0.3) is 5.91 Å². The van der Waals surface area contributed by atoms with Crippen LogP contribution in [0.25, 0.3) is 5.65 Å². The van der Waals surface area contributed by atoms with Crippen LogP contribution in [-0.2, 0) is 6.54 Å². The van der Waals surface area contributed by atoms with E-state index in [9.17, 15) is 4.79 Å². The number of pyridine rings is 2. The summed E-state index contributed by atoms with van der Waals surface area (Å²) in [5.41, 5.74) is 7.67. The van der Waals surface area contributed by atoms with Gasteiger partial charge in [0.15, 0.2) is 5.65 Å². The number of anilines is 1. The van der Waals surface area contributed by atoms with Crippen molar-refractivity contribution in [3.05, 3.63) is 54.0 Å². The highest BCUT2D eigenvalue weighted by molar-refractivity contribution is 6.03. The molecule has 1 amide bonds. The minimum absolute atomic E-state index is 0.251. The molecule has 0 spiro atoms. The van der Waals surface area contributed by atoms with Crippen molar-refractivity contribution in [2.75, 3.05) is 5.32 Å². The summed E-state index contributed by atoms with van der Waals surface area (Å²) >= 11 is 0. The first-order valence-electron chi connectivity index (χ1n) is 6.03. The Bertz CT molecular complexity index is 752. The molecule has 100 valence electrons. The Labute approximate surface area is 114 Å². The third-order valence-electron chi connectivity index (χ3n) is 2.81. The smallest absolute Gasteiger partial charge is 0.258 e. The molecule has 0 atom stereocenters. The van der Waals surface area contributed by atoms with Gasteiger partial charge in [-0.15, -0.1) is 5.10 Å². The van der Waals surface area contributed by atoms with Gasteiger partial charge in [-0.05, 0) is 29.8 Å². The van der Waals surface area contributed by atoms with E-state index in [-0.39, 0.29) is 11.9 Å².